The maximum absolute atomic E-state index is 11.8. The number of likely N-dealkylation sites (tertiary alicyclic amines) is 1. The van der Waals surface area contributed by atoms with E-state index in [1.54, 1.807) is 0 Å². The Balaban J connectivity index is 1.56. The van der Waals surface area contributed by atoms with Gasteiger partial charge in [-0.15, -0.1) is 0 Å². The van der Waals surface area contributed by atoms with Crippen molar-refractivity contribution in [1.29, 1.82) is 0 Å². The third-order valence-corrected chi connectivity index (χ3v) is 6.63. The fraction of sp³-hybridized carbons (Fsp3) is 0.850. The van der Waals surface area contributed by atoms with Crippen molar-refractivity contribution in [2.45, 2.75) is 82.8 Å². The first-order valence-corrected chi connectivity index (χ1v) is 10.3. The number of fused-ring (bicyclic) bond motifs is 5. The standard InChI is InChI=1S/C20H29NO8/c1-9(22)26-17-14(8-21-15-12-5-6-13(7-12)16(15)21)29-20(25-4)19(28-11(3)24)18(17)27-10(2)23/h12-20H,5-8H2,1-4H3/t12?,13?,14-,15?,16?,17-,18+,19-,20+,21?/m1/s1. The molecule has 4 rings (SSSR count). The molecule has 0 radical (unpaired) electrons. The van der Waals surface area contributed by atoms with Crippen molar-refractivity contribution in [2.24, 2.45) is 11.8 Å². The molecule has 2 aliphatic heterocycles. The summed E-state index contributed by atoms with van der Waals surface area (Å²) in [7, 11) is 1.43. The second kappa shape index (κ2) is 7.85. The van der Waals surface area contributed by atoms with Gasteiger partial charge >= 0.3 is 17.9 Å². The molecule has 2 heterocycles. The smallest absolute Gasteiger partial charge is 0.303 e. The number of ether oxygens (including phenoxy) is 5. The molecule has 0 aromatic rings. The van der Waals surface area contributed by atoms with Gasteiger partial charge in [-0.1, -0.05) is 0 Å². The molecule has 4 fully saturated rings. The second-order valence-electron chi connectivity index (χ2n) is 8.51. The summed E-state index contributed by atoms with van der Waals surface area (Å²) in [6, 6.07) is 1.13. The van der Waals surface area contributed by atoms with Gasteiger partial charge in [0.05, 0.1) is 0 Å². The molecular weight excluding hydrogens is 382 g/mol. The molecule has 2 bridgehead atoms. The molecule has 9 nitrogen and oxygen atoms in total. The van der Waals surface area contributed by atoms with E-state index in [1.165, 1.54) is 47.1 Å². The molecule has 2 saturated carbocycles. The van der Waals surface area contributed by atoms with E-state index in [0.29, 0.717) is 18.6 Å². The van der Waals surface area contributed by atoms with Gasteiger partial charge in [-0.3, -0.25) is 19.3 Å². The minimum absolute atomic E-state index is 0.524. The highest BCUT2D eigenvalue weighted by Crippen LogP contribution is 2.58. The normalized spacial score (nSPS) is 44.7. The molecule has 0 spiro atoms. The number of methoxy groups -OCH3 is 1. The van der Waals surface area contributed by atoms with Gasteiger partial charge < -0.3 is 23.7 Å². The van der Waals surface area contributed by atoms with Gasteiger partial charge in [0.25, 0.3) is 0 Å². The zero-order valence-electron chi connectivity index (χ0n) is 17.2. The van der Waals surface area contributed by atoms with Crippen LogP contribution in [-0.2, 0) is 38.1 Å². The van der Waals surface area contributed by atoms with Crippen molar-refractivity contribution in [2.75, 3.05) is 13.7 Å². The van der Waals surface area contributed by atoms with Gasteiger partial charge in [-0.05, 0) is 31.1 Å². The molecule has 4 aliphatic rings. The minimum atomic E-state index is -1.04. The Bertz CT molecular complexity index is 667. The summed E-state index contributed by atoms with van der Waals surface area (Å²) in [6.45, 7) is 4.34. The van der Waals surface area contributed by atoms with E-state index in [2.05, 4.69) is 4.90 Å². The van der Waals surface area contributed by atoms with E-state index >= 15 is 0 Å². The predicted octanol–water partition coefficient (Wildman–Crippen LogP) is 0.636. The first-order valence-electron chi connectivity index (χ1n) is 10.3. The molecule has 162 valence electrons. The highest BCUT2D eigenvalue weighted by atomic mass is 16.7. The quantitative estimate of drug-likeness (QED) is 0.354. The third kappa shape index (κ3) is 3.87. The largest absolute Gasteiger partial charge is 0.456 e. The lowest BCUT2D eigenvalue weighted by atomic mass is 9.97. The van der Waals surface area contributed by atoms with Crippen LogP contribution in [0.4, 0.5) is 0 Å². The zero-order chi connectivity index (χ0) is 20.9. The number of carbonyl (C=O) groups is 3. The molecule has 0 N–H and O–H groups in total. The van der Waals surface area contributed by atoms with Gasteiger partial charge in [-0.2, -0.15) is 0 Å². The minimum Gasteiger partial charge on any atom is -0.456 e. The van der Waals surface area contributed by atoms with Gasteiger partial charge in [-0.25, -0.2) is 0 Å². The third-order valence-electron chi connectivity index (χ3n) is 6.63. The average Bonchev–Trinajstić information content (AvgIpc) is 3.00. The van der Waals surface area contributed by atoms with Crippen LogP contribution < -0.4 is 0 Å². The number of hydrogen-bond acceptors (Lipinski definition) is 9. The van der Waals surface area contributed by atoms with Gasteiger partial charge in [0, 0.05) is 46.5 Å². The number of rotatable bonds is 6. The second-order valence-corrected chi connectivity index (χ2v) is 8.51. The lowest BCUT2D eigenvalue weighted by molar-refractivity contribution is -0.298. The Morgan fingerprint density at radius 2 is 1.38 bits per heavy atom. The van der Waals surface area contributed by atoms with Crippen LogP contribution in [0.15, 0.2) is 0 Å². The van der Waals surface area contributed by atoms with Gasteiger partial charge in [0.1, 0.15) is 6.10 Å². The van der Waals surface area contributed by atoms with E-state index in [0.717, 1.165) is 11.8 Å². The number of carbonyl (C=O) groups excluding carboxylic acids is 3. The Labute approximate surface area is 169 Å². The fourth-order valence-electron chi connectivity index (χ4n) is 5.73. The van der Waals surface area contributed by atoms with Gasteiger partial charge in [0.2, 0.25) is 0 Å². The van der Waals surface area contributed by atoms with Crippen LogP contribution >= 0.6 is 0 Å². The Kier molecular flexibility index (Phi) is 5.56. The Hall–Kier alpha value is -1.71. The van der Waals surface area contributed by atoms with Crippen molar-refractivity contribution in [1.82, 2.24) is 4.90 Å². The predicted molar refractivity (Wildman–Crippen MR) is 97.4 cm³/mol. The SMILES string of the molecule is CO[C@H]1O[C@H](CN2C3C4CCC(C4)C32)[C@@H](OC(C)=O)[C@H](OC(C)=O)[C@H]1OC(C)=O. The molecule has 9 heteroatoms. The lowest BCUT2D eigenvalue weighted by Gasteiger charge is -2.44. The van der Waals surface area contributed by atoms with Crippen LogP contribution in [0, 0.1) is 11.8 Å². The summed E-state index contributed by atoms with van der Waals surface area (Å²) < 4.78 is 27.8. The van der Waals surface area contributed by atoms with Crippen molar-refractivity contribution in [3.63, 3.8) is 0 Å². The summed E-state index contributed by atoms with van der Waals surface area (Å²) in [5, 5.41) is 0. The highest BCUT2D eigenvalue weighted by molar-refractivity contribution is 5.68. The summed E-state index contributed by atoms with van der Waals surface area (Å²) in [5.74, 6) is -0.199. The van der Waals surface area contributed by atoms with Crippen LogP contribution in [0.3, 0.4) is 0 Å². The van der Waals surface area contributed by atoms with E-state index in [-0.39, 0.29) is 0 Å². The maximum Gasteiger partial charge on any atom is 0.303 e. The molecule has 0 aromatic carbocycles. The number of nitrogens with zero attached hydrogens (tertiary/aromatic N) is 1. The topological polar surface area (TPSA) is 100 Å². The number of esters is 3. The van der Waals surface area contributed by atoms with Crippen LogP contribution in [0.2, 0.25) is 0 Å². The summed E-state index contributed by atoms with van der Waals surface area (Å²) in [5.41, 5.74) is 0. The number of hydrogen-bond donors (Lipinski definition) is 0. The zero-order valence-corrected chi connectivity index (χ0v) is 17.2. The summed E-state index contributed by atoms with van der Waals surface area (Å²) >= 11 is 0. The molecule has 2 saturated heterocycles. The lowest BCUT2D eigenvalue weighted by Crippen LogP contribution is -2.63. The molecular formula is C20H29NO8. The molecule has 0 amide bonds. The molecule has 2 aliphatic carbocycles. The van der Waals surface area contributed by atoms with Gasteiger partial charge in [0.15, 0.2) is 24.6 Å². The molecule has 9 atom stereocenters. The summed E-state index contributed by atoms with van der Waals surface area (Å²) in [4.78, 5) is 37.6. The molecule has 4 unspecified atom stereocenters. The Morgan fingerprint density at radius 1 is 0.862 bits per heavy atom. The van der Waals surface area contributed by atoms with E-state index in [9.17, 15) is 14.4 Å². The fourth-order valence-corrected chi connectivity index (χ4v) is 5.73. The van der Waals surface area contributed by atoms with Crippen molar-refractivity contribution < 1.29 is 38.1 Å². The van der Waals surface area contributed by atoms with Crippen LogP contribution in [0.5, 0.6) is 0 Å². The molecule has 29 heavy (non-hydrogen) atoms. The van der Waals surface area contributed by atoms with E-state index < -0.39 is 48.6 Å². The summed E-state index contributed by atoms with van der Waals surface area (Å²) in [6.07, 6.45) is -0.602. The van der Waals surface area contributed by atoms with Crippen molar-refractivity contribution in [3.05, 3.63) is 0 Å². The Morgan fingerprint density at radius 3 is 1.90 bits per heavy atom. The van der Waals surface area contributed by atoms with E-state index in [1.807, 2.05) is 0 Å². The van der Waals surface area contributed by atoms with Crippen molar-refractivity contribution >= 4 is 17.9 Å². The number of piperidine rings is 1. The first-order chi connectivity index (χ1) is 13.8. The monoisotopic (exact) mass is 411 g/mol. The van der Waals surface area contributed by atoms with E-state index in [4.69, 9.17) is 23.7 Å². The van der Waals surface area contributed by atoms with Crippen LogP contribution in [-0.4, -0.2) is 79.3 Å². The average molecular weight is 411 g/mol. The van der Waals surface area contributed by atoms with Crippen molar-refractivity contribution in [3.8, 4) is 0 Å². The first kappa shape index (κ1) is 20.6. The van der Waals surface area contributed by atoms with Crippen LogP contribution in [0.1, 0.15) is 40.0 Å². The van der Waals surface area contributed by atoms with Crippen LogP contribution in [0.25, 0.3) is 0 Å². The maximum atomic E-state index is 11.8. The highest BCUT2D eigenvalue weighted by Gasteiger charge is 2.65. The molecule has 0 aromatic heterocycles.